The quantitative estimate of drug-likeness (QED) is 0.606. The molecule has 0 spiro atoms. The summed E-state index contributed by atoms with van der Waals surface area (Å²) in [6, 6.07) is 2.35. The van der Waals surface area contributed by atoms with Crippen LogP contribution >= 0.6 is 0 Å². The molecule has 1 aliphatic heterocycles. The van der Waals surface area contributed by atoms with E-state index in [1.807, 2.05) is 0 Å². The molecule has 0 aromatic carbocycles. The van der Waals surface area contributed by atoms with Gasteiger partial charge in [-0.25, -0.2) is 0 Å². The summed E-state index contributed by atoms with van der Waals surface area (Å²) in [4.78, 5) is 2.10. The fraction of sp³-hybridized carbons (Fsp3) is 0.900. The normalized spacial score (nSPS) is 28.5. The van der Waals surface area contributed by atoms with Crippen LogP contribution in [0.1, 0.15) is 27.2 Å². The number of rotatable bonds is 5. The van der Waals surface area contributed by atoms with Crippen molar-refractivity contribution in [2.75, 3.05) is 13.2 Å². The van der Waals surface area contributed by atoms with Crippen LogP contribution in [-0.2, 0) is 4.74 Å². The van der Waals surface area contributed by atoms with Crippen molar-refractivity contribution >= 4 is 0 Å². The maximum atomic E-state index is 8.65. The van der Waals surface area contributed by atoms with Crippen molar-refractivity contribution in [3.05, 3.63) is 0 Å². The Kier molecular flexibility index (Phi) is 3.71. The van der Waals surface area contributed by atoms with Gasteiger partial charge >= 0.3 is 0 Å². The molecule has 0 aromatic heterocycles. The predicted octanol–water partition coefficient (Wildman–Crippen LogP) is 1.60. The molecule has 0 saturated carbocycles. The molecule has 1 saturated heterocycles. The van der Waals surface area contributed by atoms with Gasteiger partial charge in [0.05, 0.1) is 12.7 Å². The molecule has 0 radical (unpaired) electrons. The minimum Gasteiger partial charge on any atom is -0.363 e. The Bertz CT molecular complexity index is 198. The lowest BCUT2D eigenvalue weighted by Crippen LogP contribution is -2.25. The van der Waals surface area contributed by atoms with Gasteiger partial charge in [0.25, 0.3) is 0 Å². The molecular weight excluding hydrogens is 164 g/mol. The fourth-order valence-electron chi connectivity index (χ4n) is 1.34. The summed E-state index contributed by atoms with van der Waals surface area (Å²) in [6.45, 7) is 8.03. The zero-order chi connectivity index (χ0) is 9.84. The molecule has 3 nitrogen and oxygen atoms in total. The molecule has 3 heteroatoms. The Morgan fingerprint density at radius 1 is 1.62 bits per heavy atom. The smallest absolute Gasteiger partial charge is 0.113 e. The summed E-state index contributed by atoms with van der Waals surface area (Å²) >= 11 is 0. The highest BCUT2D eigenvalue weighted by molar-refractivity contribution is 5.06. The molecule has 0 bridgehead atoms. The molecule has 1 heterocycles. The van der Waals surface area contributed by atoms with Crippen LogP contribution in [0.15, 0.2) is 0 Å². The maximum absolute atomic E-state index is 8.65. The van der Waals surface area contributed by atoms with Gasteiger partial charge in [0, 0.05) is 6.54 Å². The average Bonchev–Trinajstić information content (AvgIpc) is 2.84. The molecule has 1 aliphatic rings. The second-order valence-corrected chi connectivity index (χ2v) is 3.93. The predicted molar refractivity (Wildman–Crippen MR) is 51.0 cm³/mol. The van der Waals surface area contributed by atoms with Crippen molar-refractivity contribution in [2.45, 2.75) is 39.5 Å². The Balaban J connectivity index is 2.25. The fourth-order valence-corrected chi connectivity index (χ4v) is 1.34. The minimum atomic E-state index is 0.108. The lowest BCUT2D eigenvalue weighted by molar-refractivity contribution is -0.0264. The van der Waals surface area contributed by atoms with Crippen LogP contribution in [0.2, 0.25) is 0 Å². The number of nitrogens with zero attached hydrogens (tertiary/aromatic N) is 2. The lowest BCUT2D eigenvalue weighted by atomic mass is 10.2. The van der Waals surface area contributed by atoms with E-state index in [0.29, 0.717) is 5.92 Å². The number of nitriles is 1. The van der Waals surface area contributed by atoms with E-state index < -0.39 is 0 Å². The van der Waals surface area contributed by atoms with Gasteiger partial charge in [0.2, 0.25) is 0 Å². The monoisotopic (exact) mass is 182 g/mol. The summed E-state index contributed by atoms with van der Waals surface area (Å²) in [5, 5.41) is 8.65. The van der Waals surface area contributed by atoms with Crippen LogP contribution in [0, 0.1) is 17.2 Å². The average molecular weight is 182 g/mol. The highest BCUT2D eigenvalue weighted by Crippen LogP contribution is 2.23. The van der Waals surface area contributed by atoms with E-state index in [4.69, 9.17) is 10.00 Å². The van der Waals surface area contributed by atoms with Gasteiger partial charge < -0.3 is 4.74 Å². The topological polar surface area (TPSA) is 36.0 Å². The van der Waals surface area contributed by atoms with Gasteiger partial charge in [-0.2, -0.15) is 5.26 Å². The lowest BCUT2D eigenvalue weighted by Gasteiger charge is -2.18. The third-order valence-corrected chi connectivity index (χ3v) is 2.14. The van der Waals surface area contributed by atoms with E-state index in [-0.39, 0.29) is 12.3 Å². The Morgan fingerprint density at radius 3 is 2.69 bits per heavy atom. The summed E-state index contributed by atoms with van der Waals surface area (Å²) in [7, 11) is 0. The van der Waals surface area contributed by atoms with Crippen molar-refractivity contribution in [1.29, 1.82) is 5.26 Å². The molecule has 1 fully saturated rings. The van der Waals surface area contributed by atoms with Gasteiger partial charge in [-0.3, -0.25) is 4.90 Å². The molecule has 3 unspecified atom stereocenters. The van der Waals surface area contributed by atoms with Crippen molar-refractivity contribution in [1.82, 2.24) is 4.90 Å². The van der Waals surface area contributed by atoms with Crippen molar-refractivity contribution in [3.63, 3.8) is 0 Å². The Labute approximate surface area is 80.3 Å². The zero-order valence-electron chi connectivity index (χ0n) is 8.66. The molecule has 1 rings (SSSR count). The first-order chi connectivity index (χ1) is 6.19. The largest absolute Gasteiger partial charge is 0.363 e. The first kappa shape index (κ1) is 10.5. The van der Waals surface area contributed by atoms with E-state index in [0.717, 1.165) is 19.6 Å². The summed E-state index contributed by atoms with van der Waals surface area (Å²) in [6.07, 6.45) is 1.12. The van der Waals surface area contributed by atoms with E-state index in [2.05, 4.69) is 31.7 Å². The molecule has 13 heavy (non-hydrogen) atoms. The second-order valence-electron chi connectivity index (χ2n) is 3.93. The molecular formula is C10H18N2O. The van der Waals surface area contributed by atoms with Crippen LogP contribution in [0.25, 0.3) is 0 Å². The summed E-state index contributed by atoms with van der Waals surface area (Å²) in [5.74, 6) is 0.564. The van der Waals surface area contributed by atoms with E-state index in [1.54, 1.807) is 0 Å². The molecule has 74 valence electrons. The first-order valence-corrected chi connectivity index (χ1v) is 4.96. The zero-order valence-corrected chi connectivity index (χ0v) is 8.66. The minimum absolute atomic E-state index is 0.108. The Morgan fingerprint density at radius 2 is 2.31 bits per heavy atom. The van der Waals surface area contributed by atoms with E-state index >= 15 is 0 Å². The van der Waals surface area contributed by atoms with Crippen LogP contribution in [0.4, 0.5) is 0 Å². The number of hydrogen-bond donors (Lipinski definition) is 0. The second kappa shape index (κ2) is 4.59. The van der Waals surface area contributed by atoms with E-state index in [1.165, 1.54) is 0 Å². The third-order valence-electron chi connectivity index (χ3n) is 2.14. The molecule has 3 atom stereocenters. The van der Waals surface area contributed by atoms with Crippen LogP contribution in [0.5, 0.6) is 0 Å². The molecule has 0 N–H and O–H groups in total. The SMILES string of the molecule is CCC(OCC(C)C)N1CC1C#N. The van der Waals surface area contributed by atoms with E-state index in [9.17, 15) is 0 Å². The van der Waals surface area contributed by atoms with Crippen LogP contribution in [0.3, 0.4) is 0 Å². The van der Waals surface area contributed by atoms with Gasteiger partial charge in [-0.1, -0.05) is 20.8 Å². The molecule has 0 amide bonds. The van der Waals surface area contributed by atoms with Gasteiger partial charge in [0.1, 0.15) is 12.3 Å². The van der Waals surface area contributed by atoms with Gasteiger partial charge in [-0.05, 0) is 12.3 Å². The van der Waals surface area contributed by atoms with Gasteiger partial charge in [0.15, 0.2) is 0 Å². The van der Waals surface area contributed by atoms with Crippen LogP contribution < -0.4 is 0 Å². The highest BCUT2D eigenvalue weighted by Gasteiger charge is 2.39. The first-order valence-electron chi connectivity index (χ1n) is 4.96. The van der Waals surface area contributed by atoms with Crippen molar-refractivity contribution in [3.8, 4) is 6.07 Å². The van der Waals surface area contributed by atoms with Crippen LogP contribution in [-0.4, -0.2) is 30.3 Å². The summed E-state index contributed by atoms with van der Waals surface area (Å²) < 4.78 is 5.68. The number of ether oxygens (including phenoxy) is 1. The molecule has 0 aliphatic carbocycles. The summed E-state index contributed by atoms with van der Waals surface area (Å²) in [5.41, 5.74) is 0. The number of hydrogen-bond acceptors (Lipinski definition) is 3. The maximum Gasteiger partial charge on any atom is 0.113 e. The van der Waals surface area contributed by atoms with Crippen molar-refractivity contribution < 1.29 is 4.74 Å². The Hall–Kier alpha value is -0.590. The third kappa shape index (κ3) is 2.98. The molecule has 0 aromatic rings. The highest BCUT2D eigenvalue weighted by atomic mass is 16.5. The van der Waals surface area contributed by atoms with Gasteiger partial charge in [-0.15, -0.1) is 0 Å². The standard InChI is InChI=1S/C10H18N2O/c1-4-10(13-7-8(2)3)12-6-9(12)5-11/h8-10H,4,6-7H2,1-3H3. The van der Waals surface area contributed by atoms with Crippen molar-refractivity contribution in [2.24, 2.45) is 5.92 Å².